The van der Waals surface area contributed by atoms with Gasteiger partial charge < -0.3 is 5.11 Å². The molecule has 0 unspecified atom stereocenters. The van der Waals surface area contributed by atoms with Crippen LogP contribution in [-0.2, 0) is 0 Å². The number of fused-ring (bicyclic) bond motifs is 1. The molecule has 1 N–H and O–H groups in total. The first-order chi connectivity index (χ1) is 9.25. The highest BCUT2D eigenvalue weighted by Crippen LogP contribution is 2.22. The van der Waals surface area contributed by atoms with Crippen molar-refractivity contribution in [3.8, 4) is 11.3 Å². The number of carboxylic acids is 1. The fourth-order valence-corrected chi connectivity index (χ4v) is 1.98. The van der Waals surface area contributed by atoms with Crippen LogP contribution in [0.2, 0.25) is 0 Å². The molecule has 1 aromatic heterocycles. The Bertz CT molecular complexity index is 769. The van der Waals surface area contributed by atoms with Crippen molar-refractivity contribution in [1.82, 2.24) is 9.97 Å². The number of para-hydroxylation sites is 2. The molecule has 0 fully saturated rings. The molecule has 92 valence electrons. The maximum atomic E-state index is 11.2. The Balaban J connectivity index is 2.22. The van der Waals surface area contributed by atoms with Gasteiger partial charge in [-0.15, -0.1) is 0 Å². The molecule has 3 aromatic rings. The number of aromatic carboxylic acids is 1. The van der Waals surface area contributed by atoms with E-state index in [1.807, 2.05) is 24.3 Å². The third-order valence-electron chi connectivity index (χ3n) is 2.88. The quantitative estimate of drug-likeness (QED) is 0.759. The zero-order valence-corrected chi connectivity index (χ0v) is 9.95. The van der Waals surface area contributed by atoms with Crippen molar-refractivity contribution >= 4 is 17.0 Å². The third kappa shape index (κ3) is 2.04. The molecule has 0 aliphatic rings. The highest BCUT2D eigenvalue weighted by atomic mass is 16.4. The van der Waals surface area contributed by atoms with Gasteiger partial charge in [-0.3, -0.25) is 4.98 Å². The number of aromatic nitrogens is 2. The summed E-state index contributed by atoms with van der Waals surface area (Å²) >= 11 is 0. The first-order valence-electron chi connectivity index (χ1n) is 5.80. The summed E-state index contributed by atoms with van der Waals surface area (Å²) in [5.41, 5.74) is 2.91. The summed E-state index contributed by atoms with van der Waals surface area (Å²) in [7, 11) is 0. The third-order valence-corrected chi connectivity index (χ3v) is 2.88. The Morgan fingerprint density at radius 3 is 2.42 bits per heavy atom. The Morgan fingerprint density at radius 1 is 0.947 bits per heavy atom. The first kappa shape index (κ1) is 11.3. The minimum absolute atomic E-state index is 0.229. The minimum Gasteiger partial charge on any atom is -0.478 e. The zero-order chi connectivity index (χ0) is 13.2. The van der Waals surface area contributed by atoms with Gasteiger partial charge in [-0.25, -0.2) is 9.78 Å². The van der Waals surface area contributed by atoms with Crippen LogP contribution in [0.15, 0.2) is 54.7 Å². The van der Waals surface area contributed by atoms with Gasteiger partial charge in [0, 0.05) is 5.56 Å². The highest BCUT2D eigenvalue weighted by Gasteiger charge is 2.12. The Morgan fingerprint density at radius 2 is 1.63 bits per heavy atom. The van der Waals surface area contributed by atoms with Gasteiger partial charge in [-0.2, -0.15) is 0 Å². The van der Waals surface area contributed by atoms with Crippen LogP contribution in [0.1, 0.15) is 10.4 Å². The lowest BCUT2D eigenvalue weighted by Gasteiger charge is -2.05. The van der Waals surface area contributed by atoms with E-state index in [4.69, 9.17) is 0 Å². The molecule has 0 spiro atoms. The van der Waals surface area contributed by atoms with Gasteiger partial charge in [-0.1, -0.05) is 30.3 Å². The van der Waals surface area contributed by atoms with Gasteiger partial charge in [0.05, 0.1) is 28.5 Å². The van der Waals surface area contributed by atoms with Gasteiger partial charge in [0.2, 0.25) is 0 Å². The predicted octanol–water partition coefficient (Wildman–Crippen LogP) is 3.00. The molecule has 19 heavy (non-hydrogen) atoms. The van der Waals surface area contributed by atoms with Crippen molar-refractivity contribution in [3.63, 3.8) is 0 Å². The summed E-state index contributed by atoms with van der Waals surface area (Å²) in [6, 6.07) is 14.3. The molecule has 0 saturated carbocycles. The lowest BCUT2D eigenvalue weighted by atomic mass is 10.0. The Kier molecular flexibility index (Phi) is 2.68. The van der Waals surface area contributed by atoms with Gasteiger partial charge in [-0.05, 0) is 18.2 Å². The predicted molar refractivity (Wildman–Crippen MR) is 71.9 cm³/mol. The SMILES string of the molecule is O=C(O)c1ccccc1-c1cnc2ccccc2n1. The van der Waals surface area contributed by atoms with Crippen LogP contribution in [0.5, 0.6) is 0 Å². The molecule has 0 amide bonds. The van der Waals surface area contributed by atoms with Gasteiger partial charge >= 0.3 is 5.97 Å². The first-order valence-corrected chi connectivity index (χ1v) is 5.80. The van der Waals surface area contributed by atoms with Crippen LogP contribution < -0.4 is 0 Å². The summed E-state index contributed by atoms with van der Waals surface area (Å²) < 4.78 is 0. The minimum atomic E-state index is -0.967. The van der Waals surface area contributed by atoms with Crippen LogP contribution in [0.3, 0.4) is 0 Å². The van der Waals surface area contributed by atoms with Crippen LogP contribution in [0, 0.1) is 0 Å². The number of nitrogens with zero attached hydrogens (tertiary/aromatic N) is 2. The normalized spacial score (nSPS) is 10.5. The molecule has 0 bridgehead atoms. The summed E-state index contributed by atoms with van der Waals surface area (Å²) in [5.74, 6) is -0.967. The van der Waals surface area contributed by atoms with E-state index in [0.717, 1.165) is 11.0 Å². The van der Waals surface area contributed by atoms with E-state index in [9.17, 15) is 9.90 Å². The van der Waals surface area contributed by atoms with Crippen LogP contribution in [0.25, 0.3) is 22.3 Å². The van der Waals surface area contributed by atoms with E-state index in [1.54, 1.807) is 30.5 Å². The largest absolute Gasteiger partial charge is 0.478 e. The van der Waals surface area contributed by atoms with E-state index in [0.29, 0.717) is 11.3 Å². The van der Waals surface area contributed by atoms with Crippen LogP contribution in [0.4, 0.5) is 0 Å². The monoisotopic (exact) mass is 250 g/mol. The van der Waals surface area contributed by atoms with Crippen molar-refractivity contribution < 1.29 is 9.90 Å². The smallest absolute Gasteiger partial charge is 0.336 e. The van der Waals surface area contributed by atoms with Crippen molar-refractivity contribution in [2.45, 2.75) is 0 Å². The number of carbonyl (C=O) groups is 1. The molecule has 0 radical (unpaired) electrons. The van der Waals surface area contributed by atoms with Crippen molar-refractivity contribution in [3.05, 3.63) is 60.3 Å². The van der Waals surface area contributed by atoms with Crippen molar-refractivity contribution in [2.24, 2.45) is 0 Å². The molecule has 0 aliphatic heterocycles. The lowest BCUT2D eigenvalue weighted by molar-refractivity contribution is 0.0697. The second-order valence-electron chi connectivity index (χ2n) is 4.09. The van der Waals surface area contributed by atoms with Crippen molar-refractivity contribution in [2.75, 3.05) is 0 Å². The van der Waals surface area contributed by atoms with Gasteiger partial charge in [0.15, 0.2) is 0 Å². The molecule has 4 nitrogen and oxygen atoms in total. The summed E-state index contributed by atoms with van der Waals surface area (Å²) in [6.45, 7) is 0. The topological polar surface area (TPSA) is 63.1 Å². The molecule has 4 heteroatoms. The molecule has 1 heterocycles. The Labute approximate surface area is 109 Å². The van der Waals surface area contributed by atoms with E-state index in [2.05, 4.69) is 9.97 Å². The lowest BCUT2D eigenvalue weighted by Crippen LogP contribution is -2.00. The molecule has 3 rings (SSSR count). The standard InChI is InChI=1S/C15H10N2O2/c18-15(19)11-6-2-1-5-10(11)14-9-16-12-7-3-4-8-13(12)17-14/h1-9H,(H,18,19). The van der Waals surface area contributed by atoms with E-state index in [-0.39, 0.29) is 5.56 Å². The maximum Gasteiger partial charge on any atom is 0.336 e. The number of hydrogen-bond donors (Lipinski definition) is 1. The Hall–Kier alpha value is -2.75. The van der Waals surface area contributed by atoms with Crippen LogP contribution >= 0.6 is 0 Å². The number of hydrogen-bond acceptors (Lipinski definition) is 3. The second-order valence-corrected chi connectivity index (χ2v) is 4.09. The maximum absolute atomic E-state index is 11.2. The van der Waals surface area contributed by atoms with E-state index in [1.165, 1.54) is 0 Å². The average molecular weight is 250 g/mol. The fraction of sp³-hybridized carbons (Fsp3) is 0. The second kappa shape index (κ2) is 4.49. The highest BCUT2D eigenvalue weighted by molar-refractivity contribution is 5.95. The number of carboxylic acid groups (broad SMARTS) is 1. The van der Waals surface area contributed by atoms with Gasteiger partial charge in [0.25, 0.3) is 0 Å². The summed E-state index contributed by atoms with van der Waals surface area (Å²) in [6.07, 6.45) is 1.60. The molecular weight excluding hydrogens is 240 g/mol. The van der Waals surface area contributed by atoms with Gasteiger partial charge in [0.1, 0.15) is 0 Å². The molecular formula is C15H10N2O2. The molecule has 0 aliphatic carbocycles. The number of benzene rings is 2. The van der Waals surface area contributed by atoms with Crippen molar-refractivity contribution in [1.29, 1.82) is 0 Å². The number of rotatable bonds is 2. The molecule has 2 aromatic carbocycles. The fourth-order valence-electron chi connectivity index (χ4n) is 1.98. The molecule has 0 atom stereocenters. The van der Waals surface area contributed by atoms with E-state index < -0.39 is 5.97 Å². The molecule has 0 saturated heterocycles. The average Bonchev–Trinajstić information content (AvgIpc) is 2.46. The van der Waals surface area contributed by atoms with E-state index >= 15 is 0 Å². The van der Waals surface area contributed by atoms with Crippen LogP contribution in [-0.4, -0.2) is 21.0 Å². The zero-order valence-electron chi connectivity index (χ0n) is 9.95. The summed E-state index contributed by atoms with van der Waals surface area (Å²) in [5, 5.41) is 9.19. The summed E-state index contributed by atoms with van der Waals surface area (Å²) in [4.78, 5) is 20.0.